The molecule has 0 radical (unpaired) electrons. The number of benzene rings is 15. The number of fused-ring (bicyclic) bond motifs is 14. The number of hydrogen-bond acceptors (Lipinski definition) is 4. The Balaban J connectivity index is 0.987. The molecule has 4 aliphatic heterocycles. The zero-order valence-electron chi connectivity index (χ0n) is 55.8. The van der Waals surface area contributed by atoms with Crippen molar-refractivity contribution in [3.63, 3.8) is 0 Å². The molecule has 0 unspecified atom stereocenters. The van der Waals surface area contributed by atoms with Crippen LogP contribution in [-0.2, 0) is 10.8 Å². The molecule has 0 saturated carbocycles. The lowest BCUT2D eigenvalue weighted by molar-refractivity contribution is 0.483. The van der Waals surface area contributed by atoms with E-state index in [-0.39, 0.29) is 24.3 Å². The van der Waals surface area contributed by atoms with Crippen molar-refractivity contribution in [3.8, 4) is 56.0 Å². The third kappa shape index (κ3) is 8.86. The van der Waals surface area contributed by atoms with Crippen molar-refractivity contribution in [1.29, 1.82) is 0 Å². The van der Waals surface area contributed by atoms with E-state index >= 15 is 0 Å². The van der Waals surface area contributed by atoms with Gasteiger partial charge < -0.3 is 19.4 Å². The summed E-state index contributed by atoms with van der Waals surface area (Å²) in [6.07, 6.45) is 0. The van der Waals surface area contributed by atoms with Crippen molar-refractivity contribution in [2.45, 2.75) is 52.4 Å². The molecule has 0 aliphatic carbocycles. The molecule has 0 saturated heterocycles. The highest BCUT2D eigenvalue weighted by Crippen LogP contribution is 2.55. The minimum atomic E-state index is -0.278. The van der Waals surface area contributed by atoms with Crippen molar-refractivity contribution >= 4 is 130 Å². The standard InChI is InChI=1S/C92H69B2N3O/c1-91(2,3)62-51-82-87-83(52-62)96(89-65(58-29-11-7-12-30-58)41-27-42-66(89)59-31-13-8-14-32-59)79-47-25-23-45-75(79)93(87)77-56-78-81(57-80(77)95(82)64-49-50-73-71-39-20-19-37-69(71)70-38-21-22-40-72(70)74(73)55-64)97(90-67(60-33-15-9-16-34-60)43-28-44-68(90)61-35-17-10-18-36-61)84-53-63(92(4,5)6)54-86-88(84)94(78)76-46-24-26-48-85(76)98-86/h7-57H,1-6H3. The molecule has 19 rings (SSSR count). The Hall–Kier alpha value is -11.6. The molecule has 0 atom stereocenters. The van der Waals surface area contributed by atoms with E-state index in [9.17, 15) is 0 Å². The second-order valence-corrected chi connectivity index (χ2v) is 29.1. The average Bonchev–Trinajstić information content (AvgIpc) is 0.679. The Morgan fingerprint density at radius 3 is 1.15 bits per heavy atom. The fourth-order valence-electron chi connectivity index (χ4n) is 16.8. The van der Waals surface area contributed by atoms with E-state index in [4.69, 9.17) is 4.74 Å². The molecule has 0 fully saturated rings. The fourth-order valence-corrected chi connectivity index (χ4v) is 16.8. The van der Waals surface area contributed by atoms with Gasteiger partial charge in [-0.3, -0.25) is 0 Å². The van der Waals surface area contributed by atoms with Gasteiger partial charge in [0, 0.05) is 62.1 Å². The second-order valence-electron chi connectivity index (χ2n) is 29.1. The molecule has 15 aromatic rings. The second kappa shape index (κ2) is 22.0. The van der Waals surface area contributed by atoms with E-state index in [0.29, 0.717) is 0 Å². The quantitative estimate of drug-likeness (QED) is 0.117. The van der Waals surface area contributed by atoms with Crippen LogP contribution in [-0.4, -0.2) is 13.4 Å². The van der Waals surface area contributed by atoms with E-state index in [1.807, 2.05) is 0 Å². The van der Waals surface area contributed by atoms with Gasteiger partial charge in [-0.1, -0.05) is 296 Å². The van der Waals surface area contributed by atoms with Gasteiger partial charge in [-0.25, -0.2) is 0 Å². The van der Waals surface area contributed by atoms with Gasteiger partial charge in [-0.05, 0) is 164 Å². The molecule has 15 aromatic carbocycles. The summed E-state index contributed by atoms with van der Waals surface area (Å²) < 4.78 is 7.36. The normalized spacial score (nSPS) is 13.4. The zero-order chi connectivity index (χ0) is 65.7. The summed E-state index contributed by atoms with van der Waals surface area (Å²) in [6.45, 7) is 13.7. The van der Waals surface area contributed by atoms with Gasteiger partial charge in [-0.15, -0.1) is 0 Å². The largest absolute Gasteiger partial charge is 0.458 e. The van der Waals surface area contributed by atoms with Crippen molar-refractivity contribution in [3.05, 3.63) is 321 Å². The summed E-state index contributed by atoms with van der Waals surface area (Å²) in [5, 5.41) is 7.44. The molecule has 0 N–H and O–H groups in total. The van der Waals surface area contributed by atoms with Crippen LogP contribution in [0.15, 0.2) is 309 Å². The van der Waals surface area contributed by atoms with Crippen LogP contribution >= 0.6 is 0 Å². The first-order valence-corrected chi connectivity index (χ1v) is 34.5. The van der Waals surface area contributed by atoms with Gasteiger partial charge in [0.25, 0.3) is 13.4 Å². The number of nitrogens with zero attached hydrogens (tertiary/aromatic N) is 3. The van der Waals surface area contributed by atoms with E-state index < -0.39 is 0 Å². The number of rotatable bonds is 7. The first-order chi connectivity index (χ1) is 47.9. The predicted molar refractivity (Wildman–Crippen MR) is 418 cm³/mol. The summed E-state index contributed by atoms with van der Waals surface area (Å²) in [5.41, 5.74) is 28.7. The highest BCUT2D eigenvalue weighted by Gasteiger charge is 2.49. The van der Waals surface area contributed by atoms with Crippen LogP contribution in [0.1, 0.15) is 52.7 Å². The molecule has 0 amide bonds. The minimum Gasteiger partial charge on any atom is -0.458 e. The van der Waals surface area contributed by atoms with Crippen molar-refractivity contribution < 1.29 is 4.74 Å². The first-order valence-electron chi connectivity index (χ1n) is 34.5. The maximum Gasteiger partial charge on any atom is 0.256 e. The Labute approximate surface area is 574 Å². The van der Waals surface area contributed by atoms with Crippen LogP contribution in [0.5, 0.6) is 11.5 Å². The van der Waals surface area contributed by atoms with E-state index in [1.54, 1.807) is 0 Å². The number of ether oxygens (including phenoxy) is 1. The maximum absolute atomic E-state index is 7.36. The molecule has 4 heterocycles. The predicted octanol–water partition coefficient (Wildman–Crippen LogP) is 20.9. The molecular formula is C92H69B2N3O. The molecule has 4 nitrogen and oxygen atoms in total. The van der Waals surface area contributed by atoms with Gasteiger partial charge in [0.05, 0.1) is 11.4 Å². The molecule has 0 spiro atoms. The van der Waals surface area contributed by atoms with Gasteiger partial charge in [0.1, 0.15) is 11.5 Å². The van der Waals surface area contributed by atoms with Gasteiger partial charge in [-0.2, -0.15) is 0 Å². The van der Waals surface area contributed by atoms with Crippen LogP contribution in [0.2, 0.25) is 0 Å². The lowest BCUT2D eigenvalue weighted by atomic mass is 9.30. The Kier molecular flexibility index (Phi) is 13.0. The van der Waals surface area contributed by atoms with E-state index in [0.717, 1.165) is 90.2 Å². The monoisotopic (exact) mass is 1250 g/mol. The summed E-state index contributed by atoms with van der Waals surface area (Å²) >= 11 is 0. The van der Waals surface area contributed by atoms with Gasteiger partial charge in [0.15, 0.2) is 0 Å². The molecule has 98 heavy (non-hydrogen) atoms. The minimum absolute atomic E-state index is 0.195. The topological polar surface area (TPSA) is 19.0 Å². The summed E-state index contributed by atoms with van der Waals surface area (Å²) in [6, 6.07) is 117. The third-order valence-corrected chi connectivity index (χ3v) is 21.4. The van der Waals surface area contributed by atoms with Gasteiger partial charge >= 0.3 is 0 Å². The number of anilines is 9. The highest BCUT2D eigenvalue weighted by molar-refractivity contribution is 7.02. The van der Waals surface area contributed by atoms with Crippen molar-refractivity contribution in [2.24, 2.45) is 0 Å². The Morgan fingerprint density at radius 1 is 0.255 bits per heavy atom. The number of hydrogen-bond donors (Lipinski definition) is 0. The van der Waals surface area contributed by atoms with Crippen molar-refractivity contribution in [2.75, 3.05) is 14.7 Å². The summed E-state index contributed by atoms with van der Waals surface area (Å²) in [5.74, 6) is 1.78. The van der Waals surface area contributed by atoms with Crippen LogP contribution in [0.4, 0.5) is 51.2 Å². The molecular weight excluding hydrogens is 1180 g/mol. The summed E-state index contributed by atoms with van der Waals surface area (Å²) in [4.78, 5) is 8.00. The highest BCUT2D eigenvalue weighted by atomic mass is 16.5. The average molecular weight is 1250 g/mol. The first kappa shape index (κ1) is 57.8. The molecule has 4 aliphatic rings. The smallest absolute Gasteiger partial charge is 0.256 e. The zero-order valence-corrected chi connectivity index (χ0v) is 55.8. The Bertz CT molecular complexity index is 5630. The lowest BCUT2D eigenvalue weighted by Crippen LogP contribution is -2.64. The van der Waals surface area contributed by atoms with Crippen LogP contribution in [0.25, 0.3) is 76.8 Å². The fraction of sp³-hybridized carbons (Fsp3) is 0.0870. The molecule has 464 valence electrons. The van der Waals surface area contributed by atoms with E-state index in [2.05, 4.69) is 366 Å². The Morgan fingerprint density at radius 2 is 0.643 bits per heavy atom. The lowest BCUT2D eigenvalue weighted by Gasteiger charge is -2.47. The van der Waals surface area contributed by atoms with Crippen LogP contribution in [0.3, 0.4) is 0 Å². The van der Waals surface area contributed by atoms with Crippen LogP contribution < -0.4 is 52.2 Å². The van der Waals surface area contributed by atoms with Crippen LogP contribution in [0, 0.1) is 0 Å². The molecule has 0 bridgehead atoms. The third-order valence-electron chi connectivity index (χ3n) is 21.4. The molecule has 6 heteroatoms. The number of para-hydroxylation sites is 4. The van der Waals surface area contributed by atoms with E-state index in [1.165, 1.54) is 93.3 Å². The van der Waals surface area contributed by atoms with Gasteiger partial charge in [0.2, 0.25) is 0 Å². The SMILES string of the molecule is CC(C)(C)c1cc2c3c(c1)N(c1c(-c4ccccc4)cccc1-c1ccccc1)c1cc4c(cc1B3c1ccccc1O2)B1c2ccccc2N(c2c(-c3ccccc3)cccc2-c2ccccc2)c2cc(C(C)(C)C)cc(c21)N4c1ccc2c3ccccc3c3ccccc3c2c1. The molecule has 0 aromatic heterocycles. The van der Waals surface area contributed by atoms with Crippen molar-refractivity contribution in [1.82, 2.24) is 0 Å². The summed E-state index contributed by atoms with van der Waals surface area (Å²) in [7, 11) is 0. The maximum atomic E-state index is 7.36.